The van der Waals surface area contributed by atoms with Gasteiger partial charge in [-0.2, -0.15) is 0 Å². The smallest absolute Gasteiger partial charge is 0.463 e. The van der Waals surface area contributed by atoms with Crippen molar-refractivity contribution in [3.63, 3.8) is 0 Å². The van der Waals surface area contributed by atoms with Gasteiger partial charge in [0.1, 0.15) is 12.7 Å². The van der Waals surface area contributed by atoms with Gasteiger partial charge in [-0.1, -0.05) is 230 Å². The molecular formula is C49H96NO7P. The van der Waals surface area contributed by atoms with Gasteiger partial charge in [0.2, 0.25) is 0 Å². The van der Waals surface area contributed by atoms with Crippen LogP contribution in [0.3, 0.4) is 0 Å². The quantitative estimate of drug-likeness (QED) is 0.0239. The van der Waals surface area contributed by atoms with Crippen LogP contribution in [0.2, 0.25) is 0 Å². The molecule has 0 aromatic carbocycles. The number of carbonyl (C=O) groups is 1. The molecule has 2 unspecified atom stereocenters. The van der Waals surface area contributed by atoms with Crippen molar-refractivity contribution in [3.8, 4) is 0 Å². The number of aliphatic hydroxyl groups excluding tert-OH is 1. The van der Waals surface area contributed by atoms with Crippen LogP contribution in [0.15, 0.2) is 24.3 Å². The average molecular weight is 842 g/mol. The fourth-order valence-electron chi connectivity index (χ4n) is 7.37. The Balaban J connectivity index is 3.23. The van der Waals surface area contributed by atoms with Gasteiger partial charge in [-0.05, 0) is 38.5 Å². The number of esters is 1. The van der Waals surface area contributed by atoms with E-state index >= 15 is 0 Å². The van der Waals surface area contributed by atoms with Crippen LogP contribution in [0.25, 0.3) is 0 Å². The standard InChI is InChI=1S/C49H96NO7P/c1-2-3-4-5-6-7-8-9-10-11-12-13-14-15-16-17-18-19-20-21-22-23-24-25-26-27-28-29-30-31-32-33-34-35-36-37-38-39-40-41-42-43-49(52)55-46-48(51)47-57-58(53,54)56-45-44-50/h8-9,11-12,48,51H,2-7,10,13-47,50H2,1H3,(H,53,54)/b9-8-,12-11-. The highest BCUT2D eigenvalue weighted by Gasteiger charge is 2.22. The first kappa shape index (κ1) is 57.0. The summed E-state index contributed by atoms with van der Waals surface area (Å²) in [5.74, 6) is -0.379. The highest BCUT2D eigenvalue weighted by Crippen LogP contribution is 2.42. The lowest BCUT2D eigenvalue weighted by Crippen LogP contribution is -2.23. The number of allylic oxidation sites excluding steroid dienone is 4. The Morgan fingerprint density at radius 2 is 0.862 bits per heavy atom. The highest BCUT2D eigenvalue weighted by molar-refractivity contribution is 7.47. The molecule has 0 bridgehead atoms. The van der Waals surface area contributed by atoms with Crippen molar-refractivity contribution in [1.29, 1.82) is 0 Å². The largest absolute Gasteiger partial charge is 0.472 e. The third-order valence-electron chi connectivity index (χ3n) is 11.1. The highest BCUT2D eigenvalue weighted by atomic mass is 31.2. The Bertz CT molecular complexity index is 946. The molecule has 344 valence electrons. The number of hydrogen-bond acceptors (Lipinski definition) is 7. The van der Waals surface area contributed by atoms with Crippen LogP contribution in [-0.2, 0) is 23.1 Å². The number of ether oxygens (including phenoxy) is 1. The van der Waals surface area contributed by atoms with Crippen LogP contribution in [0.5, 0.6) is 0 Å². The first-order valence-electron chi connectivity index (χ1n) is 24.9. The molecule has 0 spiro atoms. The van der Waals surface area contributed by atoms with Gasteiger partial charge < -0.3 is 20.5 Å². The number of phosphoric acid groups is 1. The van der Waals surface area contributed by atoms with Crippen LogP contribution in [0, 0.1) is 0 Å². The maximum absolute atomic E-state index is 11.9. The second-order valence-corrected chi connectivity index (χ2v) is 18.3. The number of nitrogens with two attached hydrogens (primary N) is 1. The van der Waals surface area contributed by atoms with Crippen LogP contribution >= 0.6 is 7.82 Å². The second kappa shape index (κ2) is 47.0. The third-order valence-corrected chi connectivity index (χ3v) is 12.1. The fraction of sp³-hybridized carbons (Fsp3) is 0.898. The van der Waals surface area contributed by atoms with Gasteiger partial charge in [0.25, 0.3) is 0 Å². The first-order valence-corrected chi connectivity index (χ1v) is 26.4. The zero-order valence-electron chi connectivity index (χ0n) is 38.0. The Labute approximate surface area is 359 Å². The van der Waals surface area contributed by atoms with Crippen molar-refractivity contribution < 1.29 is 33.1 Å². The monoisotopic (exact) mass is 842 g/mol. The van der Waals surface area contributed by atoms with Gasteiger partial charge in [0.15, 0.2) is 0 Å². The van der Waals surface area contributed by atoms with E-state index in [1.165, 1.54) is 212 Å². The predicted molar refractivity (Wildman–Crippen MR) is 247 cm³/mol. The van der Waals surface area contributed by atoms with Gasteiger partial charge in [0.05, 0.1) is 13.2 Å². The summed E-state index contributed by atoms with van der Waals surface area (Å²) in [6.45, 7) is 1.48. The van der Waals surface area contributed by atoms with Gasteiger partial charge >= 0.3 is 13.8 Å². The molecule has 2 atom stereocenters. The lowest BCUT2D eigenvalue weighted by Gasteiger charge is -2.15. The molecule has 0 aromatic rings. The number of carbonyl (C=O) groups excluding carboxylic acids is 1. The summed E-state index contributed by atoms with van der Waals surface area (Å²) in [5.41, 5.74) is 5.21. The summed E-state index contributed by atoms with van der Waals surface area (Å²) >= 11 is 0. The molecule has 0 radical (unpaired) electrons. The summed E-state index contributed by atoms with van der Waals surface area (Å²) < 4.78 is 25.8. The molecule has 0 saturated carbocycles. The van der Waals surface area contributed by atoms with E-state index in [0.29, 0.717) is 6.42 Å². The molecular weight excluding hydrogens is 746 g/mol. The van der Waals surface area contributed by atoms with E-state index in [-0.39, 0.29) is 25.7 Å². The summed E-state index contributed by atoms with van der Waals surface area (Å²) in [4.78, 5) is 21.3. The Morgan fingerprint density at radius 1 is 0.517 bits per heavy atom. The SMILES string of the molecule is CCCCCCC/C=C\C/C=C\CCCCCCCCCCCCCCCCCCCCCCCCCCCCCCCC(=O)OCC(O)COP(=O)(O)OCCN. The van der Waals surface area contributed by atoms with E-state index in [1.54, 1.807) is 0 Å². The van der Waals surface area contributed by atoms with Gasteiger partial charge in [-0.3, -0.25) is 13.8 Å². The van der Waals surface area contributed by atoms with E-state index in [4.69, 9.17) is 10.5 Å². The van der Waals surface area contributed by atoms with Crippen molar-refractivity contribution in [1.82, 2.24) is 0 Å². The van der Waals surface area contributed by atoms with Crippen LogP contribution in [-0.4, -0.2) is 48.4 Å². The molecule has 0 fully saturated rings. The Hall–Kier alpha value is -1.02. The zero-order chi connectivity index (χ0) is 42.3. The first-order chi connectivity index (χ1) is 28.4. The Morgan fingerprint density at radius 3 is 1.22 bits per heavy atom. The summed E-state index contributed by atoms with van der Waals surface area (Å²) in [5, 5.41) is 9.78. The van der Waals surface area contributed by atoms with Crippen LogP contribution in [0.1, 0.15) is 251 Å². The van der Waals surface area contributed by atoms with E-state index in [0.717, 1.165) is 25.7 Å². The van der Waals surface area contributed by atoms with Gasteiger partial charge in [-0.15, -0.1) is 0 Å². The predicted octanol–water partition coefficient (Wildman–Crippen LogP) is 14.9. The maximum atomic E-state index is 11.9. The maximum Gasteiger partial charge on any atom is 0.472 e. The number of aliphatic hydroxyl groups is 1. The van der Waals surface area contributed by atoms with Crippen molar-refractivity contribution in [3.05, 3.63) is 24.3 Å². The van der Waals surface area contributed by atoms with Crippen molar-refractivity contribution in [2.75, 3.05) is 26.4 Å². The minimum Gasteiger partial charge on any atom is -0.463 e. The molecule has 0 aliphatic carbocycles. The van der Waals surface area contributed by atoms with Crippen molar-refractivity contribution >= 4 is 13.8 Å². The summed E-state index contributed by atoms with van der Waals surface area (Å²) in [6.07, 6.45) is 58.4. The molecule has 0 rings (SSSR count). The average Bonchev–Trinajstić information content (AvgIpc) is 3.22. The minimum atomic E-state index is -4.25. The van der Waals surface area contributed by atoms with Crippen LogP contribution < -0.4 is 5.73 Å². The number of unbranched alkanes of at least 4 members (excludes halogenated alkanes) is 34. The molecule has 0 heterocycles. The normalized spacial score (nSPS) is 13.5. The van der Waals surface area contributed by atoms with Crippen LogP contribution in [0.4, 0.5) is 0 Å². The van der Waals surface area contributed by atoms with Crippen molar-refractivity contribution in [2.24, 2.45) is 5.73 Å². The minimum absolute atomic E-state index is 0.0762. The molecule has 9 heteroatoms. The molecule has 0 amide bonds. The topological polar surface area (TPSA) is 128 Å². The zero-order valence-corrected chi connectivity index (χ0v) is 38.9. The number of hydrogen-bond donors (Lipinski definition) is 3. The fourth-order valence-corrected chi connectivity index (χ4v) is 8.14. The van der Waals surface area contributed by atoms with E-state index in [2.05, 4.69) is 40.3 Å². The lowest BCUT2D eigenvalue weighted by molar-refractivity contribution is -0.147. The number of phosphoric ester groups is 1. The second-order valence-electron chi connectivity index (χ2n) is 16.9. The van der Waals surface area contributed by atoms with E-state index in [9.17, 15) is 19.4 Å². The molecule has 58 heavy (non-hydrogen) atoms. The molecule has 0 aromatic heterocycles. The summed E-state index contributed by atoms with van der Waals surface area (Å²) in [6, 6.07) is 0. The summed E-state index contributed by atoms with van der Waals surface area (Å²) in [7, 11) is -4.25. The van der Waals surface area contributed by atoms with E-state index < -0.39 is 20.5 Å². The Kier molecular flexibility index (Phi) is 46.2. The lowest BCUT2D eigenvalue weighted by atomic mass is 10.0. The van der Waals surface area contributed by atoms with E-state index in [1.807, 2.05) is 0 Å². The van der Waals surface area contributed by atoms with Gasteiger partial charge in [-0.25, -0.2) is 4.57 Å². The molecule has 0 aliphatic rings. The molecule has 4 N–H and O–H groups in total. The number of rotatable bonds is 48. The van der Waals surface area contributed by atoms with Gasteiger partial charge in [0, 0.05) is 13.0 Å². The third kappa shape index (κ3) is 47.7. The molecule has 0 saturated heterocycles. The molecule has 8 nitrogen and oxygen atoms in total. The van der Waals surface area contributed by atoms with Crippen molar-refractivity contribution in [2.45, 2.75) is 257 Å². The molecule has 0 aliphatic heterocycles.